The molecule has 134 valence electrons. The van der Waals surface area contributed by atoms with Crippen molar-refractivity contribution in [3.63, 3.8) is 0 Å². The van der Waals surface area contributed by atoms with E-state index in [0.717, 1.165) is 39.0 Å². The molecule has 0 radical (unpaired) electrons. The molecule has 0 N–H and O–H groups in total. The van der Waals surface area contributed by atoms with Crippen LogP contribution >= 0.6 is 11.3 Å². The lowest BCUT2D eigenvalue weighted by Crippen LogP contribution is -2.13. The van der Waals surface area contributed by atoms with E-state index in [9.17, 15) is 0 Å². The fourth-order valence-electron chi connectivity index (χ4n) is 2.64. The molecule has 27 heavy (non-hydrogen) atoms. The van der Waals surface area contributed by atoms with Gasteiger partial charge in [-0.25, -0.2) is 9.67 Å². The van der Waals surface area contributed by atoms with E-state index in [1.165, 1.54) is 11.3 Å². The Kier molecular flexibility index (Phi) is 4.80. The third kappa shape index (κ3) is 3.80. The van der Waals surface area contributed by atoms with Crippen molar-refractivity contribution < 1.29 is 4.42 Å². The molecule has 0 spiro atoms. The van der Waals surface area contributed by atoms with Gasteiger partial charge in [0.25, 0.3) is 0 Å². The molecule has 6 heteroatoms. The molecule has 0 amide bonds. The van der Waals surface area contributed by atoms with Crippen LogP contribution in [0.15, 0.2) is 86.9 Å². The molecule has 0 aliphatic carbocycles. The number of furan rings is 1. The standard InChI is InChI=1S/C21H18N4OS/c1-15-10-11-20(26-15)16(2)24-25-19(17-7-4-3-5-8-17)14-27-21(25)23-18-9-6-12-22-13-18/h3-14H,1-2H3. The molecule has 1 aromatic carbocycles. The molecule has 5 nitrogen and oxygen atoms in total. The molecule has 0 atom stereocenters. The summed E-state index contributed by atoms with van der Waals surface area (Å²) in [6.45, 7) is 3.86. The summed E-state index contributed by atoms with van der Waals surface area (Å²) in [5.74, 6) is 1.61. The van der Waals surface area contributed by atoms with Crippen LogP contribution in [-0.4, -0.2) is 15.4 Å². The van der Waals surface area contributed by atoms with Crippen LogP contribution in [0, 0.1) is 6.92 Å². The van der Waals surface area contributed by atoms with Crippen LogP contribution in [0.3, 0.4) is 0 Å². The molecular formula is C21H18N4OS. The Morgan fingerprint density at radius 1 is 1.07 bits per heavy atom. The predicted molar refractivity (Wildman–Crippen MR) is 108 cm³/mol. The summed E-state index contributed by atoms with van der Waals surface area (Å²) in [5, 5.41) is 6.88. The van der Waals surface area contributed by atoms with Gasteiger partial charge in [-0.3, -0.25) is 4.98 Å². The molecular weight excluding hydrogens is 356 g/mol. The Morgan fingerprint density at radius 3 is 2.63 bits per heavy atom. The highest BCUT2D eigenvalue weighted by molar-refractivity contribution is 7.07. The molecule has 0 fully saturated rings. The zero-order chi connectivity index (χ0) is 18.6. The maximum absolute atomic E-state index is 5.72. The van der Waals surface area contributed by atoms with Gasteiger partial charge in [-0.15, -0.1) is 11.3 Å². The summed E-state index contributed by atoms with van der Waals surface area (Å²) in [6.07, 6.45) is 3.47. The number of hydrogen-bond donors (Lipinski definition) is 0. The number of aromatic nitrogens is 2. The minimum Gasteiger partial charge on any atom is -0.460 e. The van der Waals surface area contributed by atoms with E-state index in [1.807, 2.05) is 61.0 Å². The average molecular weight is 374 g/mol. The van der Waals surface area contributed by atoms with Crippen molar-refractivity contribution in [3.05, 3.63) is 88.7 Å². The fraction of sp³-hybridized carbons (Fsp3) is 0.0952. The minimum atomic E-state index is 0.748. The highest BCUT2D eigenvalue weighted by Gasteiger charge is 2.10. The largest absolute Gasteiger partial charge is 0.460 e. The number of hydrogen-bond acceptors (Lipinski definition) is 5. The SMILES string of the molecule is CC(=Nn1c(-c2ccccc2)csc1=Nc1cccnc1)c1ccc(C)o1. The summed E-state index contributed by atoms with van der Waals surface area (Å²) < 4.78 is 7.58. The first-order chi connectivity index (χ1) is 13.2. The first-order valence-electron chi connectivity index (χ1n) is 8.54. The maximum Gasteiger partial charge on any atom is 0.211 e. The molecule has 3 heterocycles. The summed E-state index contributed by atoms with van der Waals surface area (Å²) in [5.41, 5.74) is 3.63. The van der Waals surface area contributed by atoms with Crippen molar-refractivity contribution in [2.75, 3.05) is 0 Å². The van der Waals surface area contributed by atoms with Crippen LogP contribution in [0.1, 0.15) is 18.4 Å². The first kappa shape index (κ1) is 17.2. The van der Waals surface area contributed by atoms with E-state index in [1.54, 1.807) is 12.4 Å². The normalized spacial score (nSPS) is 12.5. The number of benzene rings is 1. The van der Waals surface area contributed by atoms with Gasteiger partial charge in [0, 0.05) is 17.1 Å². The van der Waals surface area contributed by atoms with Crippen LogP contribution in [0.2, 0.25) is 0 Å². The average Bonchev–Trinajstić information content (AvgIpc) is 3.30. The summed E-state index contributed by atoms with van der Waals surface area (Å²) in [4.78, 5) is 9.63. The smallest absolute Gasteiger partial charge is 0.211 e. The summed E-state index contributed by atoms with van der Waals surface area (Å²) >= 11 is 1.54. The topological polar surface area (TPSA) is 55.7 Å². The van der Waals surface area contributed by atoms with Crippen LogP contribution < -0.4 is 4.80 Å². The van der Waals surface area contributed by atoms with E-state index >= 15 is 0 Å². The van der Waals surface area contributed by atoms with Crippen LogP contribution in [-0.2, 0) is 0 Å². The highest BCUT2D eigenvalue weighted by atomic mass is 32.1. The second-order valence-electron chi connectivity index (χ2n) is 6.00. The Labute approximate surface area is 161 Å². The van der Waals surface area contributed by atoms with E-state index in [-0.39, 0.29) is 0 Å². The second-order valence-corrected chi connectivity index (χ2v) is 6.84. The molecule has 0 bridgehead atoms. The quantitative estimate of drug-likeness (QED) is 0.471. The van der Waals surface area contributed by atoms with Crippen LogP contribution in [0.25, 0.3) is 11.3 Å². The lowest BCUT2D eigenvalue weighted by molar-refractivity contribution is 0.524. The highest BCUT2D eigenvalue weighted by Crippen LogP contribution is 2.21. The summed E-state index contributed by atoms with van der Waals surface area (Å²) in [7, 11) is 0. The molecule has 0 aliphatic rings. The van der Waals surface area contributed by atoms with Crippen molar-refractivity contribution in [1.29, 1.82) is 0 Å². The van der Waals surface area contributed by atoms with Crippen molar-refractivity contribution in [2.24, 2.45) is 10.1 Å². The van der Waals surface area contributed by atoms with Gasteiger partial charge < -0.3 is 4.42 Å². The van der Waals surface area contributed by atoms with Crippen molar-refractivity contribution in [1.82, 2.24) is 9.66 Å². The Balaban J connectivity index is 1.89. The number of pyridine rings is 1. The van der Waals surface area contributed by atoms with Gasteiger partial charge in [-0.2, -0.15) is 5.10 Å². The van der Waals surface area contributed by atoms with Gasteiger partial charge in [0.05, 0.1) is 17.6 Å². The van der Waals surface area contributed by atoms with E-state index in [4.69, 9.17) is 14.5 Å². The zero-order valence-electron chi connectivity index (χ0n) is 15.0. The van der Waals surface area contributed by atoms with Gasteiger partial charge in [0.2, 0.25) is 4.80 Å². The van der Waals surface area contributed by atoms with Gasteiger partial charge in [0.1, 0.15) is 17.2 Å². The van der Waals surface area contributed by atoms with Gasteiger partial charge in [-0.1, -0.05) is 30.3 Å². The Bertz CT molecular complexity index is 1140. The number of thiazole rings is 1. The molecule has 3 aromatic heterocycles. The van der Waals surface area contributed by atoms with Gasteiger partial charge in [0.15, 0.2) is 0 Å². The molecule has 0 aliphatic heterocycles. The molecule has 4 aromatic rings. The minimum absolute atomic E-state index is 0.748. The third-order valence-corrected chi connectivity index (χ3v) is 4.79. The first-order valence-corrected chi connectivity index (χ1v) is 9.42. The molecule has 0 unspecified atom stereocenters. The van der Waals surface area contributed by atoms with Gasteiger partial charge in [-0.05, 0) is 38.1 Å². The third-order valence-electron chi connectivity index (χ3n) is 3.97. The monoisotopic (exact) mass is 374 g/mol. The molecule has 4 rings (SSSR count). The van der Waals surface area contributed by atoms with Crippen molar-refractivity contribution >= 4 is 22.7 Å². The van der Waals surface area contributed by atoms with Crippen molar-refractivity contribution in [2.45, 2.75) is 13.8 Å². The zero-order valence-corrected chi connectivity index (χ0v) is 15.9. The Hall–Kier alpha value is -3.25. The Morgan fingerprint density at radius 2 is 1.93 bits per heavy atom. The molecule has 0 saturated carbocycles. The number of rotatable bonds is 4. The lowest BCUT2D eigenvalue weighted by Gasteiger charge is -2.05. The van der Waals surface area contributed by atoms with E-state index in [2.05, 4.69) is 22.5 Å². The summed E-state index contributed by atoms with van der Waals surface area (Å²) in [6, 6.07) is 17.8. The van der Waals surface area contributed by atoms with Crippen molar-refractivity contribution in [3.8, 4) is 11.3 Å². The number of nitrogens with zero attached hydrogens (tertiary/aromatic N) is 4. The van der Waals surface area contributed by atoms with Gasteiger partial charge >= 0.3 is 0 Å². The molecule has 0 saturated heterocycles. The lowest BCUT2D eigenvalue weighted by atomic mass is 10.2. The maximum atomic E-state index is 5.72. The van der Waals surface area contributed by atoms with Crippen LogP contribution in [0.5, 0.6) is 0 Å². The van der Waals surface area contributed by atoms with E-state index < -0.39 is 0 Å². The fourth-order valence-corrected chi connectivity index (χ4v) is 3.49. The number of aryl methyl sites for hydroxylation is 1. The van der Waals surface area contributed by atoms with E-state index in [0.29, 0.717) is 0 Å². The predicted octanol–water partition coefficient (Wildman–Crippen LogP) is 5.02. The van der Waals surface area contributed by atoms with Crippen LogP contribution in [0.4, 0.5) is 5.69 Å². The second kappa shape index (κ2) is 7.55.